The average Bonchev–Trinajstić information content (AvgIpc) is 1.52. The molecule has 644 valence electrons. The van der Waals surface area contributed by atoms with Crippen molar-refractivity contribution >= 4 is 144 Å². The summed E-state index contributed by atoms with van der Waals surface area (Å²) in [5.41, 5.74) is 12.3. The van der Waals surface area contributed by atoms with E-state index in [0.717, 1.165) is 102 Å². The van der Waals surface area contributed by atoms with Crippen molar-refractivity contribution in [3.63, 3.8) is 0 Å². The molecule has 0 amide bonds. The fraction of sp³-hybridized carbons (Fsp3) is 0.489. The highest BCUT2D eigenvalue weighted by Crippen LogP contribution is 2.67. The number of aromatic nitrogens is 5. The first-order chi connectivity index (χ1) is 57.2. The van der Waals surface area contributed by atoms with Crippen LogP contribution in [0.2, 0.25) is 12.6 Å². The molecular weight excluding hydrogens is 1850 g/mol. The van der Waals surface area contributed by atoms with Crippen molar-refractivity contribution in [1.29, 1.82) is 0 Å². The molecule has 9 aliphatic rings. The lowest BCUT2D eigenvalue weighted by molar-refractivity contribution is -0.199. The molecule has 10 atom stereocenters. The standard InChI is InChI=1S/C28H36BNO4.C18H24BNO3.C18H19NO2.C9H10BNO5.C8H8BrNO.C7H13BrO.C2H6.BBr3/c1-18-23(11-12-30-26(18)19(2)31)21(17-32-16-20-9-7-6-8-10-20)15-29-33-25-14-22-13-24(27(22,3)4)28(25,5)34-29;1-10-13(6-7-20-16(10)11(2)21)19-22-15-9-12-8-14(17(12,3)4)18(15,5)23-19;1-13(11-21-12-16-7-5-4-6-8-16)17-9-10-19-18(14(17)2)15(3)20;12-4-5-3-10(15)16-8-6(5)1-2-11-7(8)9(13)14;1-5-7(9)3-4-10-8(5)6(2)11;1-3-4-5-9-6-7(2)8;1-2;2-1(3)4/h6-12,21-22,24-25H,13-17H2,1-5H3;6-7,12,14-15H,8-9H2,1-5H3;4-10H,1,11-12H2,2-3H3;1-2,5,12,15H,3-4H2,(H,13,14);3-4H,1-2H3;2-6H2,1H3;1-2H3;/t21?,22?,24?,25?,28-;12?,14?,15?,18-;;;;;;/m00....../s1/i;;;;;;1D;. The van der Waals surface area contributed by atoms with Gasteiger partial charge in [0.15, 0.2) is 28.8 Å². The van der Waals surface area contributed by atoms with Gasteiger partial charge in [-0.15, -0.1) is 47.3 Å². The lowest BCUT2D eigenvalue weighted by atomic mass is 9.43. The van der Waals surface area contributed by atoms with Gasteiger partial charge in [-0.2, -0.15) is 0 Å². The molecule has 2 saturated heterocycles. The number of aliphatic hydroxyl groups is 1. The maximum absolute atomic E-state index is 12.2. The van der Waals surface area contributed by atoms with Crippen molar-refractivity contribution in [2.24, 2.45) is 34.5 Å². The number of Topliss-reactive ketones (excluding diaryl/α,β-unsaturated/α-hetero) is 4. The molecule has 2 aromatic carbocycles. The number of benzene rings is 2. The van der Waals surface area contributed by atoms with E-state index in [0.29, 0.717) is 97.3 Å². The fourth-order valence-electron chi connectivity index (χ4n) is 17.3. The average molecular weight is 1970 g/mol. The zero-order chi connectivity index (χ0) is 89.4. The Morgan fingerprint density at radius 2 is 1.11 bits per heavy atom. The van der Waals surface area contributed by atoms with Crippen LogP contribution in [0.25, 0.3) is 5.57 Å². The SMILES string of the molecule is BrB(Br)Br.C=C(Br)COCCCC.C=C(COCc1ccccc1)c1ccnc(C(C)=O)c1C.CC(=O)c1nccc(B2OC3CC4CC(C4(C)C)[C@]3(C)O2)c1C.CC(=O)c1nccc(Br)c1C.CC(=O)c1nccc(C(COCc2ccccc2)CB2OC3CC4CC(C4(C)C)[C@]3(C)O2)c1C.O=C(O)c1nccc2c1OB(O)CC2CO.[2H]CC. The molecule has 0 radical (unpaired) electrons. The Bertz CT molecular complexity index is 4660. The third kappa shape index (κ3) is 26.0. The predicted molar refractivity (Wildman–Crippen MR) is 494 cm³/mol. The number of halogens is 5. The second-order valence-corrected chi connectivity index (χ2v) is 40.9. The molecule has 120 heavy (non-hydrogen) atoms. The number of ketones is 4. The first-order valence-corrected chi connectivity index (χ1v) is 44.9. The van der Waals surface area contributed by atoms with Gasteiger partial charge in [-0.25, -0.2) is 9.78 Å². The largest absolute Gasteiger partial charge is 0.534 e. The smallest absolute Gasteiger partial charge is 0.523 e. The molecule has 6 saturated carbocycles. The normalized spacial score (nSPS) is 21.9. The zero-order valence-corrected chi connectivity index (χ0v) is 79.9. The van der Waals surface area contributed by atoms with E-state index in [2.05, 4.69) is 178 Å². The Morgan fingerprint density at radius 1 is 0.633 bits per heavy atom. The van der Waals surface area contributed by atoms with Crippen LogP contribution in [0.1, 0.15) is 244 Å². The number of carboxylic acid groups (broad SMARTS) is 1. The lowest BCUT2D eigenvalue weighted by Crippen LogP contribution is -2.65. The number of hydrogen-bond acceptors (Lipinski definition) is 20. The number of aliphatic hydroxyl groups excluding tert-OH is 1. The number of pyridine rings is 5. The Morgan fingerprint density at radius 3 is 1.62 bits per heavy atom. The minimum Gasteiger partial charge on any atom is -0.534 e. The zero-order valence-electron chi connectivity index (χ0n) is 73.0. The van der Waals surface area contributed by atoms with E-state index < -0.39 is 13.1 Å². The van der Waals surface area contributed by atoms with E-state index in [-0.39, 0.29) is 100 Å². The summed E-state index contributed by atoms with van der Waals surface area (Å²) in [5, 5.41) is 27.5. The molecule has 3 aliphatic heterocycles. The second kappa shape index (κ2) is 46.8. The highest BCUT2D eigenvalue weighted by atomic mass is 79.9. The molecular formula is C90H116B4Br5N5O16. The van der Waals surface area contributed by atoms with Crippen LogP contribution < -0.4 is 10.1 Å². The molecule has 21 nitrogen and oxygen atoms in total. The highest BCUT2D eigenvalue weighted by molar-refractivity contribution is 9.69. The predicted octanol–water partition coefficient (Wildman–Crippen LogP) is 19.9. The number of hydrogen-bond donors (Lipinski definition) is 3. The molecule has 4 bridgehead atoms. The van der Waals surface area contributed by atoms with E-state index in [9.17, 15) is 29.0 Å². The van der Waals surface area contributed by atoms with Crippen LogP contribution in [0.15, 0.2) is 144 Å². The number of rotatable bonds is 24. The van der Waals surface area contributed by atoms with Gasteiger partial charge in [-0.1, -0.05) is 161 Å². The third-order valence-corrected chi connectivity index (χ3v) is 25.0. The molecule has 6 aliphatic carbocycles. The molecule has 3 N–H and O–H groups in total. The van der Waals surface area contributed by atoms with Gasteiger partial charge < -0.3 is 52.7 Å². The van der Waals surface area contributed by atoms with Crippen molar-refractivity contribution in [2.45, 2.75) is 217 Å². The summed E-state index contributed by atoms with van der Waals surface area (Å²) in [5.74, 6) is 1.02. The van der Waals surface area contributed by atoms with Gasteiger partial charge >= 0.3 is 30.5 Å². The minimum atomic E-state index is -1.22. The number of carbonyl (C=O) groups is 5. The van der Waals surface area contributed by atoms with Crippen LogP contribution in [0.5, 0.6) is 5.75 Å². The Kier molecular flexibility index (Phi) is 38.7. The van der Waals surface area contributed by atoms with Gasteiger partial charge in [0.25, 0.3) is 0 Å². The monoisotopic (exact) mass is 1960 g/mol. The number of unbranched alkanes of at least 4 members (excludes halogenated alkanes) is 1. The van der Waals surface area contributed by atoms with Gasteiger partial charge in [0, 0.05) is 106 Å². The highest BCUT2D eigenvalue weighted by Gasteiger charge is 2.69. The van der Waals surface area contributed by atoms with Gasteiger partial charge in [-0.05, 0) is 200 Å². The lowest BCUT2D eigenvalue weighted by Gasteiger charge is -2.64. The second-order valence-electron chi connectivity index (χ2n) is 32.5. The van der Waals surface area contributed by atoms with Crippen LogP contribution in [-0.4, -0.2) is 150 Å². The molecule has 5 aromatic heterocycles. The number of fused-ring (bicyclic) bond motifs is 1. The first-order valence-electron chi connectivity index (χ1n) is 41.3. The van der Waals surface area contributed by atoms with Crippen molar-refractivity contribution in [1.82, 2.24) is 24.9 Å². The minimum absolute atomic E-state index is 0.00352. The topological polar surface area (TPSA) is 284 Å². The number of ether oxygens (including phenoxy) is 3. The summed E-state index contributed by atoms with van der Waals surface area (Å²) in [4.78, 5) is 77.5. The summed E-state index contributed by atoms with van der Waals surface area (Å²) in [6.45, 7) is 43.3. The van der Waals surface area contributed by atoms with Gasteiger partial charge in [0.05, 0.1) is 56.4 Å². The summed E-state index contributed by atoms with van der Waals surface area (Å²) in [7, 11) is -1.77. The Balaban J connectivity index is 0.000000206. The van der Waals surface area contributed by atoms with Crippen molar-refractivity contribution in [2.75, 3.05) is 33.0 Å². The summed E-state index contributed by atoms with van der Waals surface area (Å²) in [6.07, 6.45) is 16.2. The summed E-state index contributed by atoms with van der Waals surface area (Å²) < 4.78 is 56.5. The van der Waals surface area contributed by atoms with Crippen LogP contribution >= 0.6 is 79.1 Å². The quantitative estimate of drug-likeness (QED) is 0.0288. The number of aromatic carboxylic acids is 1. The van der Waals surface area contributed by atoms with Crippen LogP contribution in [0.3, 0.4) is 0 Å². The van der Waals surface area contributed by atoms with Crippen molar-refractivity contribution in [3.8, 4) is 5.75 Å². The van der Waals surface area contributed by atoms with Gasteiger partial charge in [0.1, 0.15) is 28.5 Å². The molecule has 16 rings (SSSR count). The van der Waals surface area contributed by atoms with Gasteiger partial charge in [-0.3, -0.25) is 39.1 Å². The Labute approximate surface area is 754 Å². The summed E-state index contributed by atoms with van der Waals surface area (Å²) in [6, 6.07) is 29.4. The first kappa shape index (κ1) is 99.3. The number of carbonyl (C=O) groups excluding carboxylic acids is 4. The van der Waals surface area contributed by atoms with E-state index in [1.807, 2.05) is 100 Å². The number of carboxylic acids is 1. The molecule has 8 heterocycles. The molecule has 0 spiro atoms. The number of nitrogens with zero attached hydrogens (tertiary/aromatic N) is 5. The molecule has 30 heteroatoms. The maximum atomic E-state index is 12.2. The molecule has 7 aromatic rings. The van der Waals surface area contributed by atoms with Gasteiger partial charge in [0.2, 0.25) is 0 Å². The van der Waals surface area contributed by atoms with Crippen LogP contribution in [0, 0.1) is 62.2 Å². The third-order valence-electron chi connectivity index (χ3n) is 23.9. The molecule has 8 fully saturated rings. The molecule has 8 unspecified atom stereocenters. The van der Waals surface area contributed by atoms with E-state index >= 15 is 0 Å². The van der Waals surface area contributed by atoms with E-state index in [4.69, 9.17) is 49.1 Å². The van der Waals surface area contributed by atoms with E-state index in [1.165, 1.54) is 39.3 Å². The van der Waals surface area contributed by atoms with Crippen LogP contribution in [0.4, 0.5) is 0 Å². The van der Waals surface area contributed by atoms with Crippen LogP contribution in [-0.2, 0) is 46.0 Å². The Hall–Kier alpha value is -6.08. The van der Waals surface area contributed by atoms with E-state index in [1.54, 1.807) is 51.6 Å². The fourth-order valence-corrected chi connectivity index (χ4v) is 17.7. The maximum Gasteiger partial charge on any atom is 0.523 e. The van der Waals surface area contributed by atoms with Crippen molar-refractivity contribution in [3.05, 3.63) is 223 Å². The van der Waals surface area contributed by atoms with Crippen molar-refractivity contribution < 1.29 is 78.1 Å². The summed E-state index contributed by atoms with van der Waals surface area (Å²) >= 11 is 15.8.